The van der Waals surface area contributed by atoms with Gasteiger partial charge in [0, 0.05) is 30.6 Å². The maximum Gasteiger partial charge on any atom is 0.253 e. The van der Waals surface area contributed by atoms with Gasteiger partial charge in [0.15, 0.2) is 0 Å². The topological polar surface area (TPSA) is 55.6 Å². The van der Waals surface area contributed by atoms with Crippen molar-refractivity contribution in [2.24, 2.45) is 5.73 Å². The van der Waals surface area contributed by atoms with Gasteiger partial charge in [-0.15, -0.1) is 0 Å². The van der Waals surface area contributed by atoms with E-state index in [2.05, 4.69) is 12.1 Å². The van der Waals surface area contributed by atoms with Gasteiger partial charge in [0.25, 0.3) is 5.91 Å². The van der Waals surface area contributed by atoms with Crippen molar-refractivity contribution < 1.29 is 9.53 Å². The summed E-state index contributed by atoms with van der Waals surface area (Å²) in [5, 5.41) is 0. The molecule has 22 heavy (non-hydrogen) atoms. The molecule has 0 unspecified atom stereocenters. The van der Waals surface area contributed by atoms with Gasteiger partial charge >= 0.3 is 0 Å². The Morgan fingerprint density at radius 3 is 2.41 bits per heavy atom. The number of nitrogens with zero attached hydrogens (tertiary/aromatic N) is 1. The van der Waals surface area contributed by atoms with E-state index in [-0.39, 0.29) is 17.9 Å². The Kier molecular flexibility index (Phi) is 4.11. The third-order valence-corrected chi connectivity index (χ3v) is 4.22. The zero-order chi connectivity index (χ0) is 15.5. The second-order valence-electron chi connectivity index (χ2n) is 5.62. The van der Waals surface area contributed by atoms with E-state index < -0.39 is 0 Å². The number of carbonyl (C=O) groups excluding carboxylic acids is 1. The fourth-order valence-corrected chi connectivity index (χ4v) is 2.96. The molecule has 0 aliphatic carbocycles. The molecule has 2 aromatic rings. The molecule has 1 aliphatic rings. The molecular weight excluding hydrogens is 276 g/mol. The fraction of sp³-hybridized carbons (Fsp3) is 0.278. The first-order valence-electron chi connectivity index (χ1n) is 7.43. The van der Waals surface area contributed by atoms with E-state index in [1.165, 1.54) is 5.56 Å². The van der Waals surface area contributed by atoms with Crippen molar-refractivity contribution in [2.45, 2.75) is 12.0 Å². The number of rotatable bonds is 3. The van der Waals surface area contributed by atoms with Crippen LogP contribution < -0.4 is 10.5 Å². The van der Waals surface area contributed by atoms with Gasteiger partial charge in [-0.1, -0.05) is 30.3 Å². The van der Waals surface area contributed by atoms with Crippen LogP contribution in [0.4, 0.5) is 0 Å². The van der Waals surface area contributed by atoms with Crippen molar-refractivity contribution in [2.75, 3.05) is 20.2 Å². The Balaban J connectivity index is 1.74. The van der Waals surface area contributed by atoms with E-state index in [1.54, 1.807) is 31.4 Å². The van der Waals surface area contributed by atoms with Gasteiger partial charge in [-0.3, -0.25) is 4.79 Å². The average Bonchev–Trinajstić information content (AvgIpc) is 2.97. The van der Waals surface area contributed by atoms with E-state index in [0.717, 1.165) is 5.75 Å². The zero-order valence-electron chi connectivity index (χ0n) is 12.6. The molecule has 1 aliphatic heterocycles. The molecular formula is C18H20N2O2. The van der Waals surface area contributed by atoms with Crippen LogP contribution in [-0.4, -0.2) is 37.0 Å². The Labute approximate surface area is 130 Å². The summed E-state index contributed by atoms with van der Waals surface area (Å²) >= 11 is 0. The molecule has 1 saturated heterocycles. The van der Waals surface area contributed by atoms with Crippen LogP contribution in [0, 0.1) is 0 Å². The van der Waals surface area contributed by atoms with Crippen LogP contribution in [0.25, 0.3) is 0 Å². The summed E-state index contributed by atoms with van der Waals surface area (Å²) in [7, 11) is 1.61. The van der Waals surface area contributed by atoms with Crippen molar-refractivity contribution in [1.82, 2.24) is 4.90 Å². The van der Waals surface area contributed by atoms with E-state index in [4.69, 9.17) is 10.5 Å². The van der Waals surface area contributed by atoms with Crippen LogP contribution in [0.3, 0.4) is 0 Å². The molecule has 114 valence electrons. The first-order chi connectivity index (χ1) is 10.7. The van der Waals surface area contributed by atoms with Crippen LogP contribution in [0.15, 0.2) is 54.6 Å². The van der Waals surface area contributed by atoms with Crippen molar-refractivity contribution in [3.63, 3.8) is 0 Å². The van der Waals surface area contributed by atoms with E-state index in [0.29, 0.717) is 18.7 Å². The summed E-state index contributed by atoms with van der Waals surface area (Å²) in [6.45, 7) is 1.25. The third kappa shape index (κ3) is 2.83. The lowest BCUT2D eigenvalue weighted by Gasteiger charge is -2.16. The first-order valence-corrected chi connectivity index (χ1v) is 7.43. The summed E-state index contributed by atoms with van der Waals surface area (Å²) in [6.07, 6.45) is 0. The Morgan fingerprint density at radius 2 is 1.77 bits per heavy atom. The SMILES string of the molecule is COc1ccc(C(=O)N2C[C@@H](N)[C@H](c3ccccc3)C2)cc1. The van der Waals surface area contributed by atoms with Gasteiger partial charge in [0.05, 0.1) is 7.11 Å². The number of nitrogens with two attached hydrogens (primary N) is 1. The van der Waals surface area contributed by atoms with Gasteiger partial charge in [0.2, 0.25) is 0 Å². The minimum Gasteiger partial charge on any atom is -0.497 e. The minimum absolute atomic E-state index is 0.0235. The van der Waals surface area contributed by atoms with Gasteiger partial charge in [-0.05, 0) is 29.8 Å². The normalized spacial score (nSPS) is 20.9. The number of methoxy groups -OCH3 is 1. The van der Waals surface area contributed by atoms with Gasteiger partial charge in [-0.25, -0.2) is 0 Å². The highest BCUT2D eigenvalue weighted by atomic mass is 16.5. The summed E-state index contributed by atoms with van der Waals surface area (Å²) in [5.41, 5.74) is 8.11. The molecule has 1 amide bonds. The lowest BCUT2D eigenvalue weighted by Crippen LogP contribution is -2.32. The van der Waals surface area contributed by atoms with Crippen molar-refractivity contribution >= 4 is 5.91 Å². The largest absolute Gasteiger partial charge is 0.497 e. The number of hydrogen-bond acceptors (Lipinski definition) is 3. The van der Waals surface area contributed by atoms with Gasteiger partial charge in [-0.2, -0.15) is 0 Å². The Bertz CT molecular complexity index is 640. The predicted octanol–water partition coefficient (Wildman–Crippen LogP) is 2.26. The van der Waals surface area contributed by atoms with Gasteiger partial charge in [0.1, 0.15) is 5.75 Å². The van der Waals surface area contributed by atoms with Crippen LogP contribution in [0.2, 0.25) is 0 Å². The number of ether oxygens (including phenoxy) is 1. The molecule has 3 rings (SSSR count). The molecule has 1 fully saturated rings. The molecule has 2 N–H and O–H groups in total. The van der Waals surface area contributed by atoms with E-state index >= 15 is 0 Å². The van der Waals surface area contributed by atoms with E-state index in [9.17, 15) is 4.79 Å². The summed E-state index contributed by atoms with van der Waals surface area (Å²) in [4.78, 5) is 14.4. The molecule has 0 radical (unpaired) electrons. The highest BCUT2D eigenvalue weighted by Gasteiger charge is 2.34. The van der Waals surface area contributed by atoms with Crippen LogP contribution >= 0.6 is 0 Å². The number of likely N-dealkylation sites (tertiary alicyclic amines) is 1. The molecule has 2 aromatic carbocycles. The molecule has 1 heterocycles. The quantitative estimate of drug-likeness (QED) is 0.945. The minimum atomic E-state index is -0.0235. The number of carbonyl (C=O) groups is 1. The number of benzene rings is 2. The standard InChI is InChI=1S/C18H20N2O2/c1-22-15-9-7-14(8-10-15)18(21)20-11-16(17(19)12-20)13-5-3-2-4-6-13/h2-10,16-17H,11-12,19H2,1H3/t16-,17+/m0/s1. The second-order valence-corrected chi connectivity index (χ2v) is 5.62. The zero-order valence-corrected chi connectivity index (χ0v) is 12.6. The monoisotopic (exact) mass is 296 g/mol. The second kappa shape index (κ2) is 6.20. The lowest BCUT2D eigenvalue weighted by atomic mass is 9.95. The Morgan fingerprint density at radius 1 is 1.09 bits per heavy atom. The third-order valence-electron chi connectivity index (χ3n) is 4.22. The molecule has 0 spiro atoms. The van der Waals surface area contributed by atoms with E-state index in [1.807, 2.05) is 23.1 Å². The molecule has 4 heteroatoms. The molecule has 0 bridgehead atoms. The first kappa shape index (κ1) is 14.6. The fourth-order valence-electron chi connectivity index (χ4n) is 2.96. The maximum absolute atomic E-state index is 12.6. The highest BCUT2D eigenvalue weighted by Crippen LogP contribution is 2.27. The van der Waals surface area contributed by atoms with Crippen LogP contribution in [-0.2, 0) is 0 Å². The van der Waals surface area contributed by atoms with Gasteiger partial charge < -0.3 is 15.4 Å². The number of amides is 1. The lowest BCUT2D eigenvalue weighted by molar-refractivity contribution is 0.0789. The van der Waals surface area contributed by atoms with Crippen LogP contribution in [0.5, 0.6) is 5.75 Å². The molecule has 0 aromatic heterocycles. The van der Waals surface area contributed by atoms with Crippen molar-refractivity contribution in [3.05, 3.63) is 65.7 Å². The maximum atomic E-state index is 12.6. The van der Waals surface area contributed by atoms with Crippen molar-refractivity contribution in [3.8, 4) is 5.75 Å². The summed E-state index contributed by atoms with van der Waals surface area (Å²) in [6, 6.07) is 17.3. The summed E-state index contributed by atoms with van der Waals surface area (Å²) in [5.74, 6) is 0.969. The van der Waals surface area contributed by atoms with Crippen molar-refractivity contribution in [1.29, 1.82) is 0 Å². The Hall–Kier alpha value is -2.33. The smallest absolute Gasteiger partial charge is 0.253 e. The molecule has 2 atom stereocenters. The average molecular weight is 296 g/mol. The highest BCUT2D eigenvalue weighted by molar-refractivity contribution is 5.94. The summed E-state index contributed by atoms with van der Waals surface area (Å²) < 4.78 is 5.12. The van der Waals surface area contributed by atoms with Crippen LogP contribution in [0.1, 0.15) is 21.8 Å². The molecule has 0 saturated carbocycles. The number of hydrogen-bond donors (Lipinski definition) is 1. The molecule has 4 nitrogen and oxygen atoms in total. The predicted molar refractivity (Wildman–Crippen MR) is 86.1 cm³/mol.